The predicted molar refractivity (Wildman–Crippen MR) is 75.8 cm³/mol. The number of benzene rings is 1. The van der Waals surface area contributed by atoms with E-state index >= 15 is 0 Å². The van der Waals surface area contributed by atoms with Crippen molar-refractivity contribution in [1.82, 2.24) is 5.32 Å². The number of hydrogen-bond donors (Lipinski definition) is 1. The van der Waals surface area contributed by atoms with Gasteiger partial charge in [-0.15, -0.1) is 0 Å². The molecule has 0 saturated heterocycles. The molecule has 3 rings (SSSR count). The minimum absolute atomic E-state index is 0.505. The van der Waals surface area contributed by atoms with Crippen molar-refractivity contribution in [3.8, 4) is 0 Å². The fourth-order valence-electron chi connectivity index (χ4n) is 3.05. The quantitative estimate of drug-likeness (QED) is 0.866. The van der Waals surface area contributed by atoms with Gasteiger partial charge in [-0.25, -0.2) is 0 Å². The highest BCUT2D eigenvalue weighted by atomic mass is 15.0. The first-order valence-electron chi connectivity index (χ1n) is 7.15. The Morgan fingerprint density at radius 3 is 2.72 bits per heavy atom. The predicted octanol–water partition coefficient (Wildman–Crippen LogP) is 2.89. The first kappa shape index (κ1) is 11.8. The van der Waals surface area contributed by atoms with Gasteiger partial charge >= 0.3 is 0 Å². The van der Waals surface area contributed by atoms with Gasteiger partial charge in [0, 0.05) is 19.0 Å². The SMILES string of the molecule is CC(Cc1ccccc1)C1=NC[C@@H]2CC[C@@H]2CN1. The second kappa shape index (κ2) is 5.13. The largest absolute Gasteiger partial charge is 0.373 e. The first-order valence-corrected chi connectivity index (χ1v) is 7.15. The molecule has 0 spiro atoms. The van der Waals surface area contributed by atoms with Crippen molar-refractivity contribution in [2.75, 3.05) is 13.1 Å². The Morgan fingerprint density at radius 2 is 2.00 bits per heavy atom. The maximum absolute atomic E-state index is 4.81. The van der Waals surface area contributed by atoms with Crippen molar-refractivity contribution in [1.29, 1.82) is 0 Å². The molecule has 96 valence electrons. The summed E-state index contributed by atoms with van der Waals surface area (Å²) in [6, 6.07) is 10.7. The number of aliphatic imine (C=N–C) groups is 1. The Morgan fingerprint density at radius 1 is 1.22 bits per heavy atom. The van der Waals surface area contributed by atoms with Gasteiger partial charge in [-0.05, 0) is 36.7 Å². The number of nitrogens with zero attached hydrogens (tertiary/aromatic N) is 1. The molecule has 1 N–H and O–H groups in total. The zero-order chi connectivity index (χ0) is 12.4. The van der Waals surface area contributed by atoms with Crippen LogP contribution in [0.25, 0.3) is 0 Å². The van der Waals surface area contributed by atoms with Gasteiger partial charge in [0.25, 0.3) is 0 Å². The third-order valence-corrected chi connectivity index (χ3v) is 4.47. The third-order valence-electron chi connectivity index (χ3n) is 4.47. The molecule has 0 radical (unpaired) electrons. The molecular formula is C16H22N2. The summed E-state index contributed by atoms with van der Waals surface area (Å²) in [5.41, 5.74) is 1.40. The minimum atomic E-state index is 0.505. The molecule has 0 bridgehead atoms. The Kier molecular flexibility index (Phi) is 3.35. The zero-order valence-corrected chi connectivity index (χ0v) is 11.1. The third kappa shape index (κ3) is 2.43. The van der Waals surface area contributed by atoms with Crippen LogP contribution in [0.5, 0.6) is 0 Å². The smallest absolute Gasteiger partial charge is 0.0995 e. The van der Waals surface area contributed by atoms with Crippen molar-refractivity contribution in [3.63, 3.8) is 0 Å². The molecule has 1 unspecified atom stereocenters. The van der Waals surface area contributed by atoms with E-state index in [0.717, 1.165) is 31.3 Å². The molecule has 1 aromatic carbocycles. The van der Waals surface area contributed by atoms with Gasteiger partial charge in [0.1, 0.15) is 0 Å². The highest BCUT2D eigenvalue weighted by Gasteiger charge is 2.32. The van der Waals surface area contributed by atoms with E-state index in [0.29, 0.717) is 5.92 Å². The van der Waals surface area contributed by atoms with Crippen LogP contribution in [0.1, 0.15) is 25.3 Å². The minimum Gasteiger partial charge on any atom is -0.373 e. The van der Waals surface area contributed by atoms with Crippen LogP contribution in [0.15, 0.2) is 35.3 Å². The van der Waals surface area contributed by atoms with Crippen LogP contribution in [-0.4, -0.2) is 18.9 Å². The molecule has 3 atom stereocenters. The molecule has 1 aliphatic heterocycles. The van der Waals surface area contributed by atoms with Gasteiger partial charge in [-0.1, -0.05) is 37.3 Å². The van der Waals surface area contributed by atoms with Gasteiger partial charge in [0.05, 0.1) is 5.84 Å². The van der Waals surface area contributed by atoms with Crippen molar-refractivity contribution in [3.05, 3.63) is 35.9 Å². The monoisotopic (exact) mass is 242 g/mol. The summed E-state index contributed by atoms with van der Waals surface area (Å²) < 4.78 is 0. The number of rotatable bonds is 3. The van der Waals surface area contributed by atoms with Gasteiger partial charge in [0.15, 0.2) is 0 Å². The molecule has 0 amide bonds. The zero-order valence-electron chi connectivity index (χ0n) is 11.1. The van der Waals surface area contributed by atoms with Crippen LogP contribution in [0.2, 0.25) is 0 Å². The Bertz CT molecular complexity index is 424. The van der Waals surface area contributed by atoms with E-state index in [2.05, 4.69) is 42.6 Å². The second-order valence-corrected chi connectivity index (χ2v) is 5.80. The lowest BCUT2D eigenvalue weighted by molar-refractivity contribution is 0.192. The van der Waals surface area contributed by atoms with Crippen LogP contribution in [0.3, 0.4) is 0 Å². The highest BCUT2D eigenvalue weighted by molar-refractivity contribution is 5.84. The van der Waals surface area contributed by atoms with Gasteiger partial charge < -0.3 is 5.32 Å². The lowest BCUT2D eigenvalue weighted by atomic mass is 9.74. The van der Waals surface area contributed by atoms with Crippen LogP contribution in [-0.2, 0) is 6.42 Å². The molecule has 2 nitrogen and oxygen atoms in total. The van der Waals surface area contributed by atoms with E-state index in [9.17, 15) is 0 Å². The molecule has 18 heavy (non-hydrogen) atoms. The van der Waals surface area contributed by atoms with E-state index in [1.165, 1.54) is 24.2 Å². The topological polar surface area (TPSA) is 24.4 Å². The first-order chi connectivity index (χ1) is 8.83. The molecule has 0 aromatic heterocycles. The van der Waals surface area contributed by atoms with Gasteiger partial charge in [-0.2, -0.15) is 0 Å². The van der Waals surface area contributed by atoms with E-state index in [-0.39, 0.29) is 0 Å². The molecule has 1 aromatic rings. The summed E-state index contributed by atoms with van der Waals surface area (Å²) in [4.78, 5) is 4.81. The van der Waals surface area contributed by atoms with Crippen molar-refractivity contribution < 1.29 is 0 Å². The number of amidine groups is 1. The second-order valence-electron chi connectivity index (χ2n) is 5.80. The van der Waals surface area contributed by atoms with E-state index in [1.54, 1.807) is 0 Å². The number of fused-ring (bicyclic) bond motifs is 1. The Hall–Kier alpha value is -1.31. The Labute approximate surface area is 110 Å². The van der Waals surface area contributed by atoms with E-state index in [4.69, 9.17) is 4.99 Å². The standard InChI is InChI=1S/C16H22N2/c1-12(9-13-5-3-2-4-6-13)16-17-10-14-7-8-15(14)11-18-16/h2-6,12,14-15H,7-11H2,1H3,(H,17,18)/t12?,14-,15+. The van der Waals surface area contributed by atoms with Crippen LogP contribution < -0.4 is 5.32 Å². The molecule has 1 aliphatic carbocycles. The normalized spacial score (nSPS) is 28.2. The molecule has 2 heteroatoms. The molecule has 1 heterocycles. The van der Waals surface area contributed by atoms with E-state index in [1.807, 2.05) is 0 Å². The fraction of sp³-hybridized carbons (Fsp3) is 0.562. The summed E-state index contributed by atoms with van der Waals surface area (Å²) in [5, 5.41) is 3.58. The maximum atomic E-state index is 4.81. The lowest BCUT2D eigenvalue weighted by Gasteiger charge is -2.33. The fourth-order valence-corrected chi connectivity index (χ4v) is 3.05. The number of hydrogen-bond acceptors (Lipinski definition) is 2. The van der Waals surface area contributed by atoms with Crippen LogP contribution in [0.4, 0.5) is 0 Å². The summed E-state index contributed by atoms with van der Waals surface area (Å²) in [6.07, 6.45) is 3.87. The molecule has 1 saturated carbocycles. The molecule has 2 aliphatic rings. The van der Waals surface area contributed by atoms with Crippen LogP contribution in [0, 0.1) is 17.8 Å². The van der Waals surface area contributed by atoms with Crippen LogP contribution >= 0.6 is 0 Å². The van der Waals surface area contributed by atoms with E-state index < -0.39 is 0 Å². The molecular weight excluding hydrogens is 220 g/mol. The highest BCUT2D eigenvalue weighted by Crippen LogP contribution is 2.35. The van der Waals surface area contributed by atoms with Crippen molar-refractivity contribution in [2.24, 2.45) is 22.7 Å². The van der Waals surface area contributed by atoms with Gasteiger partial charge in [0.2, 0.25) is 0 Å². The summed E-state index contributed by atoms with van der Waals surface area (Å²) in [6.45, 7) is 4.47. The Balaban J connectivity index is 1.63. The lowest BCUT2D eigenvalue weighted by Crippen LogP contribution is -2.37. The maximum Gasteiger partial charge on any atom is 0.0995 e. The summed E-state index contributed by atoms with van der Waals surface area (Å²) >= 11 is 0. The van der Waals surface area contributed by atoms with Gasteiger partial charge in [-0.3, -0.25) is 4.99 Å². The average Bonchev–Trinajstić information content (AvgIpc) is 2.50. The summed E-state index contributed by atoms with van der Waals surface area (Å²) in [7, 11) is 0. The van der Waals surface area contributed by atoms with Crippen molar-refractivity contribution >= 4 is 5.84 Å². The molecule has 1 fully saturated rings. The summed E-state index contributed by atoms with van der Waals surface area (Å²) in [5.74, 6) is 3.48. The average molecular weight is 242 g/mol. The number of nitrogens with one attached hydrogen (secondary N) is 1. The van der Waals surface area contributed by atoms with Crippen molar-refractivity contribution in [2.45, 2.75) is 26.2 Å².